The van der Waals surface area contributed by atoms with Gasteiger partial charge in [-0.15, -0.1) is 36.6 Å². The Labute approximate surface area is 169 Å². The molecule has 2 heterocycles. The van der Waals surface area contributed by atoms with E-state index in [4.69, 9.17) is 4.98 Å². The lowest BCUT2D eigenvalue weighted by Gasteiger charge is -2.07. The van der Waals surface area contributed by atoms with E-state index in [1.807, 2.05) is 22.5 Å². The quantitative estimate of drug-likeness (QED) is 0.455. The van der Waals surface area contributed by atoms with E-state index in [0.717, 1.165) is 28.3 Å². The van der Waals surface area contributed by atoms with Crippen LogP contribution in [-0.4, -0.2) is 19.5 Å². The zero-order valence-electron chi connectivity index (χ0n) is 14.5. The number of H-pyrrole nitrogens is 1. The lowest BCUT2D eigenvalue weighted by Crippen LogP contribution is -1.89. The van der Waals surface area contributed by atoms with Gasteiger partial charge in [-0.05, 0) is 43.2 Å². The molecule has 4 nitrogen and oxygen atoms in total. The molecule has 0 saturated heterocycles. The molecule has 7 heteroatoms. The summed E-state index contributed by atoms with van der Waals surface area (Å²) in [5, 5.41) is 0. The number of hydrogen-bond acceptors (Lipinski definition) is 3. The summed E-state index contributed by atoms with van der Waals surface area (Å²) in [4.78, 5) is 13.6. The summed E-state index contributed by atoms with van der Waals surface area (Å²) in [7, 11) is 0. The van der Waals surface area contributed by atoms with Crippen molar-refractivity contribution in [3.63, 3.8) is 0 Å². The van der Waals surface area contributed by atoms with Crippen LogP contribution in [0.2, 0.25) is 0 Å². The predicted octanol–water partition coefficient (Wildman–Crippen LogP) is 5.50. The average Bonchev–Trinajstić information content (AvgIpc) is 3.23. The third-order valence-electron chi connectivity index (χ3n) is 4.08. The first-order chi connectivity index (χ1) is 11.7. The number of thioether (sulfide) groups is 1. The van der Waals surface area contributed by atoms with Crippen molar-refractivity contribution in [2.24, 2.45) is 0 Å². The van der Waals surface area contributed by atoms with Crippen molar-refractivity contribution in [2.75, 3.05) is 0 Å². The minimum atomic E-state index is 0. The number of hydrogen-bond donors (Lipinski definition) is 1. The fraction of sp³-hybridized carbons (Fsp3) is 0.158. The van der Waals surface area contributed by atoms with E-state index in [9.17, 15) is 0 Å². The highest BCUT2D eigenvalue weighted by molar-refractivity contribution is 7.98. The summed E-state index contributed by atoms with van der Waals surface area (Å²) < 4.78 is 1.99. The van der Waals surface area contributed by atoms with Crippen molar-refractivity contribution in [3.05, 3.63) is 72.1 Å². The van der Waals surface area contributed by atoms with Crippen LogP contribution in [0.25, 0.3) is 16.7 Å². The number of benzene rings is 2. The van der Waals surface area contributed by atoms with Crippen LogP contribution < -0.4 is 0 Å². The number of imidazole rings is 2. The minimum Gasteiger partial charge on any atom is -0.341 e. The van der Waals surface area contributed by atoms with Crippen LogP contribution in [0.5, 0.6) is 0 Å². The molecule has 0 atom stereocenters. The molecular formula is C19H20Cl2N4S. The summed E-state index contributed by atoms with van der Waals surface area (Å²) in [6.45, 7) is 4.32. The van der Waals surface area contributed by atoms with Gasteiger partial charge < -0.3 is 9.55 Å². The van der Waals surface area contributed by atoms with Gasteiger partial charge in [0.15, 0.2) is 0 Å². The van der Waals surface area contributed by atoms with Crippen molar-refractivity contribution in [1.29, 1.82) is 0 Å². The molecule has 1 N–H and O–H groups in total. The molecular weight excluding hydrogens is 387 g/mol. The van der Waals surface area contributed by atoms with E-state index in [-0.39, 0.29) is 24.8 Å². The molecule has 136 valence electrons. The van der Waals surface area contributed by atoms with E-state index >= 15 is 0 Å². The summed E-state index contributed by atoms with van der Waals surface area (Å²) in [5.74, 6) is 1.83. The Bertz CT molecular complexity index is 976. The van der Waals surface area contributed by atoms with Gasteiger partial charge in [-0.2, -0.15) is 0 Å². The normalized spacial score (nSPS) is 10.4. The first-order valence-corrected chi connectivity index (χ1v) is 8.85. The maximum Gasteiger partial charge on any atom is 0.117 e. The number of halogens is 2. The van der Waals surface area contributed by atoms with Crippen molar-refractivity contribution in [3.8, 4) is 5.69 Å². The molecule has 0 amide bonds. The van der Waals surface area contributed by atoms with E-state index in [2.05, 4.69) is 60.2 Å². The molecule has 26 heavy (non-hydrogen) atoms. The molecule has 4 aromatic rings. The lowest BCUT2D eigenvalue weighted by atomic mass is 10.2. The molecule has 0 spiro atoms. The Morgan fingerprint density at radius 3 is 2.54 bits per heavy atom. The third kappa shape index (κ3) is 4.06. The van der Waals surface area contributed by atoms with Crippen LogP contribution >= 0.6 is 36.6 Å². The summed E-state index contributed by atoms with van der Waals surface area (Å²) in [6, 6.07) is 12.7. The van der Waals surface area contributed by atoms with Crippen molar-refractivity contribution in [1.82, 2.24) is 19.5 Å². The van der Waals surface area contributed by atoms with Crippen molar-refractivity contribution >= 4 is 47.6 Å². The number of rotatable bonds is 4. The molecule has 0 aliphatic rings. The second kappa shape index (κ2) is 8.62. The summed E-state index contributed by atoms with van der Waals surface area (Å²) >= 11 is 1.83. The van der Waals surface area contributed by atoms with Gasteiger partial charge in [0.05, 0.1) is 23.1 Å². The van der Waals surface area contributed by atoms with Gasteiger partial charge in [0.2, 0.25) is 0 Å². The number of aryl methyl sites for hydroxylation is 2. The van der Waals surface area contributed by atoms with Crippen LogP contribution in [0, 0.1) is 13.8 Å². The predicted molar refractivity (Wildman–Crippen MR) is 113 cm³/mol. The van der Waals surface area contributed by atoms with Gasteiger partial charge in [-0.3, -0.25) is 0 Å². The number of aromatic nitrogens is 4. The highest BCUT2D eigenvalue weighted by Gasteiger charge is 2.08. The molecule has 0 aliphatic heterocycles. The topological polar surface area (TPSA) is 46.5 Å². The molecule has 2 aromatic heterocycles. The third-order valence-corrected chi connectivity index (χ3v) is 5.43. The Hall–Kier alpha value is -1.95. The van der Waals surface area contributed by atoms with E-state index in [0.29, 0.717) is 0 Å². The van der Waals surface area contributed by atoms with Gasteiger partial charge in [-0.25, -0.2) is 9.97 Å². The highest BCUT2D eigenvalue weighted by atomic mass is 35.5. The molecule has 0 bridgehead atoms. The largest absolute Gasteiger partial charge is 0.341 e. The van der Waals surface area contributed by atoms with Gasteiger partial charge in [0.25, 0.3) is 0 Å². The molecule has 0 saturated carbocycles. The van der Waals surface area contributed by atoms with E-state index in [1.165, 1.54) is 16.0 Å². The zero-order valence-corrected chi connectivity index (χ0v) is 16.9. The Balaban J connectivity index is 0.00000121. The fourth-order valence-corrected chi connectivity index (χ4v) is 3.86. The second-order valence-corrected chi connectivity index (χ2v) is 6.85. The van der Waals surface area contributed by atoms with Crippen LogP contribution in [0.4, 0.5) is 0 Å². The number of aromatic amines is 1. The van der Waals surface area contributed by atoms with Crippen LogP contribution in [0.15, 0.2) is 60.0 Å². The average molecular weight is 407 g/mol. The van der Waals surface area contributed by atoms with Crippen molar-refractivity contribution in [2.45, 2.75) is 24.5 Å². The van der Waals surface area contributed by atoms with Gasteiger partial charge >= 0.3 is 0 Å². The number of nitrogens with zero attached hydrogens (tertiary/aromatic N) is 3. The summed E-state index contributed by atoms with van der Waals surface area (Å²) in [5.41, 5.74) is 5.76. The smallest absolute Gasteiger partial charge is 0.117 e. The van der Waals surface area contributed by atoms with E-state index < -0.39 is 0 Å². The maximum absolute atomic E-state index is 4.75. The Morgan fingerprint density at radius 2 is 1.85 bits per heavy atom. The molecule has 0 unspecified atom stereocenters. The minimum absolute atomic E-state index is 0. The number of fused-ring (bicyclic) bond motifs is 1. The van der Waals surface area contributed by atoms with Crippen LogP contribution in [0.1, 0.15) is 17.0 Å². The first-order valence-electron chi connectivity index (χ1n) is 7.87. The SMILES string of the molecule is Cc1cccc(C)c1SCc1nc2cc(-n3ccnc3)ccc2[nH]1.Cl.Cl. The molecule has 4 rings (SSSR count). The monoisotopic (exact) mass is 406 g/mol. The zero-order chi connectivity index (χ0) is 16.5. The Kier molecular flexibility index (Phi) is 6.75. The highest BCUT2D eigenvalue weighted by Crippen LogP contribution is 2.29. The van der Waals surface area contributed by atoms with Crippen molar-refractivity contribution < 1.29 is 0 Å². The molecule has 2 aromatic carbocycles. The van der Waals surface area contributed by atoms with E-state index in [1.54, 1.807) is 12.5 Å². The molecule has 0 fully saturated rings. The second-order valence-electron chi connectivity index (χ2n) is 5.86. The van der Waals surface area contributed by atoms with Crippen LogP contribution in [0.3, 0.4) is 0 Å². The fourth-order valence-electron chi connectivity index (χ4n) is 2.86. The lowest BCUT2D eigenvalue weighted by molar-refractivity contribution is 1.06. The standard InChI is InChI=1S/C19H18N4S.2ClH/c1-13-4-3-5-14(2)19(13)24-11-18-21-16-7-6-15(10-17(16)22-18)23-9-8-20-12-23;;/h3-10,12H,11H2,1-2H3,(H,21,22);2*1H. The van der Waals surface area contributed by atoms with Gasteiger partial charge in [0.1, 0.15) is 5.82 Å². The molecule has 0 aliphatic carbocycles. The first kappa shape index (κ1) is 20.4. The van der Waals surface area contributed by atoms with Gasteiger partial charge in [-0.1, -0.05) is 18.2 Å². The van der Waals surface area contributed by atoms with Crippen LogP contribution in [-0.2, 0) is 5.75 Å². The van der Waals surface area contributed by atoms with Gasteiger partial charge in [0, 0.05) is 23.0 Å². The number of nitrogens with one attached hydrogen (secondary N) is 1. The summed E-state index contributed by atoms with van der Waals surface area (Å²) in [6.07, 6.45) is 5.51. The Morgan fingerprint density at radius 1 is 1.08 bits per heavy atom. The molecule has 0 radical (unpaired) electrons. The maximum atomic E-state index is 4.75.